The summed E-state index contributed by atoms with van der Waals surface area (Å²) < 4.78 is 5.74. The molecule has 1 unspecified atom stereocenters. The van der Waals surface area contributed by atoms with E-state index >= 15 is 0 Å². The first-order chi connectivity index (χ1) is 12.8. The molecule has 5 heteroatoms. The van der Waals surface area contributed by atoms with E-state index in [4.69, 9.17) is 4.74 Å². The number of hydrogen-bond acceptors (Lipinski definition) is 3. The second-order valence-electron chi connectivity index (χ2n) is 7.29. The molecule has 3 aromatic rings. The van der Waals surface area contributed by atoms with Crippen LogP contribution in [0.15, 0.2) is 42.5 Å². The topological polar surface area (TPSA) is 67.0 Å². The van der Waals surface area contributed by atoms with Crippen molar-refractivity contribution < 1.29 is 9.53 Å². The highest BCUT2D eigenvalue weighted by atomic mass is 16.5. The number of fused-ring (bicyclic) bond motifs is 2. The molecule has 2 N–H and O–H groups in total. The molecule has 1 aliphatic heterocycles. The summed E-state index contributed by atoms with van der Waals surface area (Å²) in [5.74, 6) is 2.36. The number of carbonyl (C=O) groups excluding carboxylic acids is 1. The van der Waals surface area contributed by atoms with Gasteiger partial charge in [-0.15, -0.1) is 0 Å². The van der Waals surface area contributed by atoms with Gasteiger partial charge in [0.15, 0.2) is 0 Å². The van der Waals surface area contributed by atoms with Crippen LogP contribution in [-0.4, -0.2) is 22.5 Å². The van der Waals surface area contributed by atoms with E-state index in [-0.39, 0.29) is 11.8 Å². The lowest BCUT2D eigenvalue weighted by Crippen LogP contribution is -2.32. The Morgan fingerprint density at radius 2 is 2.08 bits per heavy atom. The number of carbonyl (C=O) groups is 1. The van der Waals surface area contributed by atoms with E-state index in [1.807, 2.05) is 42.5 Å². The summed E-state index contributed by atoms with van der Waals surface area (Å²) in [4.78, 5) is 20.8. The van der Waals surface area contributed by atoms with Crippen LogP contribution in [0, 0.1) is 5.92 Å². The van der Waals surface area contributed by atoms with Crippen LogP contribution in [0.4, 0.5) is 5.69 Å². The number of aromatic amines is 1. The lowest BCUT2D eigenvalue weighted by molar-refractivity contribution is -0.121. The molecule has 1 aromatic heterocycles. The van der Waals surface area contributed by atoms with Crippen molar-refractivity contribution in [2.45, 2.75) is 31.6 Å². The lowest BCUT2D eigenvalue weighted by Gasteiger charge is -2.24. The molecule has 2 aliphatic rings. The zero-order valence-electron chi connectivity index (χ0n) is 14.5. The number of para-hydroxylation sites is 1. The molecule has 26 heavy (non-hydrogen) atoms. The summed E-state index contributed by atoms with van der Waals surface area (Å²) in [6.07, 6.45) is 4.43. The molecule has 0 saturated heterocycles. The van der Waals surface area contributed by atoms with Crippen molar-refractivity contribution in [3.05, 3.63) is 53.9 Å². The second-order valence-corrected chi connectivity index (χ2v) is 7.29. The van der Waals surface area contributed by atoms with Gasteiger partial charge in [-0.3, -0.25) is 4.79 Å². The Bertz CT molecular complexity index is 974. The first-order valence-electron chi connectivity index (χ1n) is 9.27. The monoisotopic (exact) mass is 347 g/mol. The van der Waals surface area contributed by atoms with Crippen molar-refractivity contribution in [3.63, 3.8) is 0 Å². The van der Waals surface area contributed by atoms with E-state index in [1.165, 1.54) is 19.3 Å². The van der Waals surface area contributed by atoms with Gasteiger partial charge in [0.1, 0.15) is 18.2 Å². The number of nitrogens with one attached hydrogen (secondary N) is 2. The summed E-state index contributed by atoms with van der Waals surface area (Å²) in [6, 6.07) is 13.8. The fourth-order valence-corrected chi connectivity index (χ4v) is 3.72. The van der Waals surface area contributed by atoms with Gasteiger partial charge >= 0.3 is 0 Å². The Kier molecular flexibility index (Phi) is 3.66. The zero-order chi connectivity index (χ0) is 17.5. The molecule has 0 bridgehead atoms. The Labute approximate surface area is 151 Å². The Balaban J connectivity index is 1.32. The summed E-state index contributed by atoms with van der Waals surface area (Å²) in [5, 5.41) is 3.03. The van der Waals surface area contributed by atoms with Crippen LogP contribution in [0.2, 0.25) is 0 Å². The van der Waals surface area contributed by atoms with Crippen molar-refractivity contribution in [2.24, 2.45) is 5.92 Å². The number of ether oxygens (including phenoxy) is 1. The highest BCUT2D eigenvalue weighted by molar-refractivity contribution is 5.95. The summed E-state index contributed by atoms with van der Waals surface area (Å²) in [7, 11) is 0. The Morgan fingerprint density at radius 1 is 1.19 bits per heavy atom. The van der Waals surface area contributed by atoms with Gasteiger partial charge in [-0.1, -0.05) is 24.6 Å². The Hall–Kier alpha value is -2.82. The summed E-state index contributed by atoms with van der Waals surface area (Å²) >= 11 is 0. The quantitative estimate of drug-likeness (QED) is 0.752. The van der Waals surface area contributed by atoms with Gasteiger partial charge in [-0.05, 0) is 49.1 Å². The zero-order valence-corrected chi connectivity index (χ0v) is 14.5. The van der Waals surface area contributed by atoms with Gasteiger partial charge in [0.25, 0.3) is 0 Å². The van der Waals surface area contributed by atoms with Crippen LogP contribution in [0.5, 0.6) is 5.75 Å². The fraction of sp³-hybridized carbons (Fsp3) is 0.333. The standard InChI is InChI=1S/C21H21N3O2/c25-21(15-10-14-4-1-2-7-19(14)26-12-15)22-16-8-9-17-18(11-16)24-20(23-17)13-5-3-6-13/h1-2,4,7-9,11,13,15H,3,5-6,10,12H2,(H,22,25)(H,23,24). The lowest BCUT2D eigenvalue weighted by atomic mass is 9.85. The third kappa shape index (κ3) is 2.73. The number of rotatable bonds is 3. The van der Waals surface area contributed by atoms with Gasteiger partial charge < -0.3 is 15.0 Å². The number of aromatic nitrogens is 2. The third-order valence-corrected chi connectivity index (χ3v) is 5.51. The number of amides is 1. The van der Waals surface area contributed by atoms with E-state index < -0.39 is 0 Å². The normalized spacial score (nSPS) is 19.5. The largest absolute Gasteiger partial charge is 0.492 e. The number of benzene rings is 2. The predicted molar refractivity (Wildman–Crippen MR) is 100 cm³/mol. The molecule has 1 saturated carbocycles. The van der Waals surface area contributed by atoms with Gasteiger partial charge in [0.05, 0.1) is 17.0 Å². The van der Waals surface area contributed by atoms with Crippen LogP contribution in [-0.2, 0) is 11.2 Å². The number of hydrogen-bond donors (Lipinski definition) is 2. The van der Waals surface area contributed by atoms with Gasteiger partial charge in [-0.25, -0.2) is 4.98 Å². The van der Waals surface area contributed by atoms with Crippen molar-refractivity contribution in [1.29, 1.82) is 0 Å². The third-order valence-electron chi connectivity index (χ3n) is 5.51. The number of nitrogens with zero attached hydrogens (tertiary/aromatic N) is 1. The molecular weight excluding hydrogens is 326 g/mol. The summed E-state index contributed by atoms with van der Waals surface area (Å²) in [5.41, 5.74) is 3.83. The van der Waals surface area contributed by atoms with Crippen molar-refractivity contribution in [3.8, 4) is 5.75 Å². The number of H-pyrrole nitrogens is 1. The van der Waals surface area contributed by atoms with Crippen LogP contribution in [0.3, 0.4) is 0 Å². The molecule has 0 spiro atoms. The minimum absolute atomic E-state index is 0.00224. The molecule has 0 radical (unpaired) electrons. The van der Waals surface area contributed by atoms with Crippen molar-refractivity contribution in [2.75, 3.05) is 11.9 Å². The molecule has 1 amide bonds. The van der Waals surface area contributed by atoms with E-state index in [0.717, 1.165) is 33.9 Å². The SMILES string of the molecule is O=C(Nc1ccc2nc(C3CCC3)[nH]c2c1)C1COc2ccccc2C1. The molecule has 1 fully saturated rings. The maximum absolute atomic E-state index is 12.7. The van der Waals surface area contributed by atoms with Crippen LogP contribution < -0.4 is 10.1 Å². The average molecular weight is 347 g/mol. The predicted octanol–water partition coefficient (Wildman–Crippen LogP) is 4.02. The van der Waals surface area contributed by atoms with E-state index in [9.17, 15) is 4.79 Å². The fourth-order valence-electron chi connectivity index (χ4n) is 3.72. The van der Waals surface area contributed by atoms with Crippen molar-refractivity contribution >= 4 is 22.6 Å². The first kappa shape index (κ1) is 15.4. The maximum Gasteiger partial charge on any atom is 0.231 e. The van der Waals surface area contributed by atoms with Gasteiger partial charge in [0, 0.05) is 11.6 Å². The molecule has 5 nitrogen and oxygen atoms in total. The maximum atomic E-state index is 12.7. The highest BCUT2D eigenvalue weighted by Gasteiger charge is 2.26. The van der Waals surface area contributed by atoms with E-state index in [0.29, 0.717) is 18.9 Å². The van der Waals surface area contributed by atoms with Crippen molar-refractivity contribution in [1.82, 2.24) is 9.97 Å². The molecule has 132 valence electrons. The molecule has 5 rings (SSSR count). The number of imidazole rings is 1. The molecule has 1 aliphatic carbocycles. The molecular formula is C21H21N3O2. The molecule has 2 heterocycles. The van der Waals surface area contributed by atoms with Crippen LogP contribution >= 0.6 is 0 Å². The highest BCUT2D eigenvalue weighted by Crippen LogP contribution is 2.35. The minimum atomic E-state index is -0.173. The smallest absolute Gasteiger partial charge is 0.231 e. The average Bonchev–Trinajstić information content (AvgIpc) is 3.02. The first-order valence-corrected chi connectivity index (χ1v) is 9.27. The second kappa shape index (κ2) is 6.16. The minimum Gasteiger partial charge on any atom is -0.492 e. The molecule has 1 atom stereocenters. The van der Waals surface area contributed by atoms with Gasteiger partial charge in [0.2, 0.25) is 5.91 Å². The van der Waals surface area contributed by atoms with E-state index in [1.54, 1.807) is 0 Å². The number of anilines is 1. The van der Waals surface area contributed by atoms with Crippen LogP contribution in [0.25, 0.3) is 11.0 Å². The summed E-state index contributed by atoms with van der Waals surface area (Å²) in [6.45, 7) is 0.418. The van der Waals surface area contributed by atoms with E-state index in [2.05, 4.69) is 15.3 Å². The van der Waals surface area contributed by atoms with Crippen LogP contribution in [0.1, 0.15) is 36.6 Å². The molecule has 2 aromatic carbocycles. The van der Waals surface area contributed by atoms with Gasteiger partial charge in [-0.2, -0.15) is 0 Å². The Morgan fingerprint density at radius 3 is 2.92 bits per heavy atom.